The van der Waals surface area contributed by atoms with E-state index in [0.29, 0.717) is 0 Å². The van der Waals surface area contributed by atoms with Crippen molar-refractivity contribution in [2.24, 2.45) is 5.16 Å². The van der Waals surface area contributed by atoms with Gasteiger partial charge in [0.25, 0.3) is 0 Å². The number of rotatable bonds is 1. The fourth-order valence-electron chi connectivity index (χ4n) is 2.77. The highest BCUT2D eigenvalue weighted by Crippen LogP contribution is 2.27. The molecule has 96 valence electrons. The first kappa shape index (κ1) is 11.5. The lowest BCUT2D eigenvalue weighted by Gasteiger charge is -2.30. The van der Waals surface area contributed by atoms with Crippen LogP contribution in [0.5, 0.6) is 0 Å². The predicted octanol–water partition coefficient (Wildman–Crippen LogP) is 2.04. The second-order valence-corrected chi connectivity index (χ2v) is 4.84. The molecule has 4 heteroatoms. The standard InChI is InChI=1S/C14H18N2O2/c17-15-14-3-1-2-11-10-12(4-5-13(11)14)16-6-8-18-9-7-16/h4-5,10,17H,1-3,6-9H2/b15-14+. The average molecular weight is 246 g/mol. The monoisotopic (exact) mass is 246 g/mol. The minimum absolute atomic E-state index is 0.806. The van der Waals surface area contributed by atoms with Crippen LogP contribution in [0.2, 0.25) is 0 Å². The predicted molar refractivity (Wildman–Crippen MR) is 70.7 cm³/mol. The van der Waals surface area contributed by atoms with Gasteiger partial charge in [-0.3, -0.25) is 0 Å². The normalized spacial score (nSPS) is 22.0. The molecule has 0 amide bonds. The SMILES string of the molecule is O/N=C1\CCCc2cc(N3CCOCC3)ccc21. The lowest BCUT2D eigenvalue weighted by atomic mass is 9.89. The van der Waals surface area contributed by atoms with E-state index >= 15 is 0 Å². The Morgan fingerprint density at radius 3 is 2.78 bits per heavy atom. The first-order chi connectivity index (χ1) is 8.88. The molecule has 1 aliphatic carbocycles. The van der Waals surface area contributed by atoms with Crippen LogP contribution in [-0.4, -0.2) is 37.2 Å². The third-order valence-corrected chi connectivity index (χ3v) is 3.76. The molecule has 0 unspecified atom stereocenters. The Morgan fingerprint density at radius 1 is 1.17 bits per heavy atom. The third-order valence-electron chi connectivity index (χ3n) is 3.76. The van der Waals surface area contributed by atoms with Crippen LogP contribution in [0.1, 0.15) is 24.0 Å². The fraction of sp³-hybridized carbons (Fsp3) is 0.500. The van der Waals surface area contributed by atoms with Crippen molar-refractivity contribution in [3.63, 3.8) is 0 Å². The van der Waals surface area contributed by atoms with Gasteiger partial charge in [0.2, 0.25) is 0 Å². The molecule has 0 saturated carbocycles. The first-order valence-corrected chi connectivity index (χ1v) is 6.55. The van der Waals surface area contributed by atoms with Gasteiger partial charge in [0.1, 0.15) is 0 Å². The van der Waals surface area contributed by atoms with Crippen LogP contribution in [0.15, 0.2) is 23.4 Å². The van der Waals surface area contributed by atoms with Crippen LogP contribution in [0.3, 0.4) is 0 Å². The van der Waals surface area contributed by atoms with Gasteiger partial charge >= 0.3 is 0 Å². The highest BCUT2D eigenvalue weighted by molar-refractivity contribution is 6.02. The van der Waals surface area contributed by atoms with Gasteiger partial charge < -0.3 is 14.8 Å². The molecule has 2 aliphatic rings. The number of anilines is 1. The molecule has 0 bridgehead atoms. The Bertz CT molecular complexity index is 465. The van der Waals surface area contributed by atoms with E-state index in [9.17, 15) is 0 Å². The quantitative estimate of drug-likeness (QED) is 0.609. The molecule has 1 aromatic rings. The lowest BCUT2D eigenvalue weighted by molar-refractivity contribution is 0.122. The molecule has 0 radical (unpaired) electrons. The van der Waals surface area contributed by atoms with E-state index in [1.807, 2.05) is 0 Å². The van der Waals surface area contributed by atoms with Gasteiger partial charge in [-0.25, -0.2) is 0 Å². The van der Waals surface area contributed by atoms with Crippen LogP contribution >= 0.6 is 0 Å². The number of ether oxygens (including phenoxy) is 1. The highest BCUT2D eigenvalue weighted by Gasteiger charge is 2.18. The van der Waals surface area contributed by atoms with E-state index in [1.165, 1.54) is 11.3 Å². The molecule has 4 nitrogen and oxygen atoms in total. The molecular weight excluding hydrogens is 228 g/mol. The molecule has 3 rings (SSSR count). The van der Waals surface area contributed by atoms with Crippen LogP contribution in [-0.2, 0) is 11.2 Å². The topological polar surface area (TPSA) is 45.1 Å². The van der Waals surface area contributed by atoms with Crippen molar-refractivity contribution in [3.05, 3.63) is 29.3 Å². The smallest absolute Gasteiger partial charge is 0.0870 e. The molecule has 0 spiro atoms. The number of nitrogens with zero attached hydrogens (tertiary/aromatic N) is 2. The molecular formula is C14H18N2O2. The van der Waals surface area contributed by atoms with Gasteiger partial charge in [0.15, 0.2) is 0 Å². The average Bonchev–Trinajstić information content (AvgIpc) is 2.47. The number of benzene rings is 1. The molecule has 1 N–H and O–H groups in total. The van der Waals surface area contributed by atoms with Crippen LogP contribution in [0.4, 0.5) is 5.69 Å². The van der Waals surface area contributed by atoms with Crippen molar-refractivity contribution in [2.45, 2.75) is 19.3 Å². The van der Waals surface area contributed by atoms with Gasteiger partial charge in [0.05, 0.1) is 18.9 Å². The zero-order chi connectivity index (χ0) is 12.4. The van der Waals surface area contributed by atoms with Crippen molar-refractivity contribution in [1.29, 1.82) is 0 Å². The maximum Gasteiger partial charge on any atom is 0.0870 e. The summed E-state index contributed by atoms with van der Waals surface area (Å²) in [7, 11) is 0. The molecule has 0 atom stereocenters. The first-order valence-electron chi connectivity index (χ1n) is 6.55. The summed E-state index contributed by atoms with van der Waals surface area (Å²) in [4.78, 5) is 2.36. The van der Waals surface area contributed by atoms with E-state index in [1.54, 1.807) is 0 Å². The Morgan fingerprint density at radius 2 is 2.00 bits per heavy atom. The summed E-state index contributed by atoms with van der Waals surface area (Å²) in [5.41, 5.74) is 4.50. The molecule has 1 saturated heterocycles. The Kier molecular flexibility index (Phi) is 3.19. The van der Waals surface area contributed by atoms with E-state index in [0.717, 1.165) is 56.8 Å². The zero-order valence-corrected chi connectivity index (χ0v) is 10.4. The highest BCUT2D eigenvalue weighted by atomic mass is 16.5. The summed E-state index contributed by atoms with van der Waals surface area (Å²) in [5.74, 6) is 0. The molecule has 1 aliphatic heterocycles. The Balaban J connectivity index is 1.90. The van der Waals surface area contributed by atoms with Crippen molar-refractivity contribution in [2.75, 3.05) is 31.2 Å². The molecule has 1 aromatic carbocycles. The number of hydrogen-bond donors (Lipinski definition) is 1. The zero-order valence-electron chi connectivity index (χ0n) is 10.4. The number of oxime groups is 1. The fourth-order valence-corrected chi connectivity index (χ4v) is 2.77. The maximum absolute atomic E-state index is 9.02. The van der Waals surface area contributed by atoms with E-state index in [2.05, 4.69) is 28.3 Å². The maximum atomic E-state index is 9.02. The number of fused-ring (bicyclic) bond motifs is 1. The minimum Gasteiger partial charge on any atom is -0.411 e. The second kappa shape index (κ2) is 4.98. The van der Waals surface area contributed by atoms with Gasteiger partial charge in [-0.2, -0.15) is 0 Å². The van der Waals surface area contributed by atoms with Crippen LogP contribution in [0, 0.1) is 0 Å². The van der Waals surface area contributed by atoms with E-state index in [4.69, 9.17) is 9.94 Å². The summed E-state index contributed by atoms with van der Waals surface area (Å²) in [6, 6.07) is 6.46. The summed E-state index contributed by atoms with van der Waals surface area (Å²) in [6.07, 6.45) is 3.02. The number of aryl methyl sites for hydroxylation is 1. The second-order valence-electron chi connectivity index (χ2n) is 4.84. The van der Waals surface area contributed by atoms with Gasteiger partial charge in [0, 0.05) is 24.3 Å². The van der Waals surface area contributed by atoms with E-state index in [-0.39, 0.29) is 0 Å². The van der Waals surface area contributed by atoms with Crippen LogP contribution < -0.4 is 4.90 Å². The van der Waals surface area contributed by atoms with Gasteiger partial charge in [-0.15, -0.1) is 0 Å². The summed E-state index contributed by atoms with van der Waals surface area (Å²) < 4.78 is 5.37. The van der Waals surface area contributed by atoms with Gasteiger partial charge in [-0.05, 0) is 37.0 Å². The molecule has 1 fully saturated rings. The van der Waals surface area contributed by atoms with Crippen molar-refractivity contribution < 1.29 is 9.94 Å². The third kappa shape index (κ3) is 2.08. The lowest BCUT2D eigenvalue weighted by Crippen LogP contribution is -2.36. The summed E-state index contributed by atoms with van der Waals surface area (Å²) >= 11 is 0. The molecule has 0 aromatic heterocycles. The largest absolute Gasteiger partial charge is 0.411 e. The minimum atomic E-state index is 0.806. The van der Waals surface area contributed by atoms with Crippen molar-refractivity contribution in [3.8, 4) is 0 Å². The Hall–Kier alpha value is -1.55. The van der Waals surface area contributed by atoms with Crippen molar-refractivity contribution in [1.82, 2.24) is 0 Å². The molecule has 1 heterocycles. The Labute approximate surface area is 107 Å². The van der Waals surface area contributed by atoms with E-state index < -0.39 is 0 Å². The number of morpholine rings is 1. The number of hydrogen-bond acceptors (Lipinski definition) is 4. The van der Waals surface area contributed by atoms with Gasteiger partial charge in [-0.1, -0.05) is 11.2 Å². The molecule has 18 heavy (non-hydrogen) atoms. The van der Waals surface area contributed by atoms with Crippen molar-refractivity contribution >= 4 is 11.4 Å². The van der Waals surface area contributed by atoms with Crippen LogP contribution in [0.25, 0.3) is 0 Å². The summed E-state index contributed by atoms with van der Waals surface area (Å²) in [5, 5.41) is 12.4. The summed E-state index contributed by atoms with van der Waals surface area (Å²) in [6.45, 7) is 3.53.